The average Bonchev–Trinajstić information content (AvgIpc) is 2.65. The second-order valence-electron chi connectivity index (χ2n) is 6.44. The van der Waals surface area contributed by atoms with Crippen molar-refractivity contribution in [3.63, 3.8) is 0 Å². The van der Waals surface area contributed by atoms with Gasteiger partial charge in [-0.2, -0.15) is 0 Å². The van der Waals surface area contributed by atoms with Crippen molar-refractivity contribution in [3.8, 4) is 0 Å². The summed E-state index contributed by atoms with van der Waals surface area (Å²) in [6, 6.07) is 9.83. The zero-order valence-electron chi connectivity index (χ0n) is 13.4. The van der Waals surface area contributed by atoms with Crippen molar-refractivity contribution < 1.29 is 18.8 Å². The highest BCUT2D eigenvalue weighted by Gasteiger charge is 2.55. The van der Waals surface area contributed by atoms with Gasteiger partial charge in [-0.25, -0.2) is 0 Å². The van der Waals surface area contributed by atoms with Crippen molar-refractivity contribution in [2.45, 2.75) is 51.1 Å². The summed E-state index contributed by atoms with van der Waals surface area (Å²) in [5, 5.41) is 0. The summed E-state index contributed by atoms with van der Waals surface area (Å²) in [5.41, 5.74) is 0.143. The van der Waals surface area contributed by atoms with Gasteiger partial charge in [0.15, 0.2) is 0 Å². The van der Waals surface area contributed by atoms with Gasteiger partial charge in [0, 0.05) is 0 Å². The summed E-state index contributed by atoms with van der Waals surface area (Å²) in [4.78, 5) is 12.1. The number of carbonyl (C=O) groups is 1. The van der Waals surface area contributed by atoms with Gasteiger partial charge in [-0.1, -0.05) is 30.3 Å². The fraction of sp³-hybridized carbons (Fsp3) is 0.562. The molecule has 1 unspecified atom stereocenters. The SMILES string of the molecule is COC(=O)C(Cc1ccccc1)B1OC(C)(C)C(C)(C)O1. The molecule has 1 atom stereocenters. The zero-order valence-corrected chi connectivity index (χ0v) is 13.4. The summed E-state index contributed by atoms with van der Waals surface area (Å²) in [6.45, 7) is 7.90. The van der Waals surface area contributed by atoms with Gasteiger partial charge in [-0.3, -0.25) is 4.79 Å². The topological polar surface area (TPSA) is 44.8 Å². The van der Waals surface area contributed by atoms with Crippen molar-refractivity contribution in [2.24, 2.45) is 0 Å². The molecule has 1 fully saturated rings. The average molecular weight is 290 g/mol. The number of methoxy groups -OCH3 is 1. The van der Waals surface area contributed by atoms with Gasteiger partial charge >= 0.3 is 13.1 Å². The van der Waals surface area contributed by atoms with E-state index >= 15 is 0 Å². The van der Waals surface area contributed by atoms with Crippen LogP contribution in [0.15, 0.2) is 30.3 Å². The van der Waals surface area contributed by atoms with Crippen LogP contribution in [0.2, 0.25) is 5.82 Å². The second-order valence-corrected chi connectivity index (χ2v) is 6.44. The molecule has 1 aliphatic heterocycles. The number of hydrogen-bond acceptors (Lipinski definition) is 4. The molecule has 1 aromatic carbocycles. The van der Waals surface area contributed by atoms with Crippen LogP contribution in [0.4, 0.5) is 0 Å². The Morgan fingerprint density at radius 1 is 1.14 bits per heavy atom. The van der Waals surface area contributed by atoms with E-state index in [2.05, 4.69) is 0 Å². The molecule has 0 bridgehead atoms. The predicted octanol–water partition coefficient (Wildman–Crippen LogP) is 2.86. The third kappa shape index (κ3) is 3.30. The van der Waals surface area contributed by atoms with Crippen molar-refractivity contribution in [1.82, 2.24) is 0 Å². The van der Waals surface area contributed by atoms with Gasteiger partial charge in [0.2, 0.25) is 0 Å². The maximum absolute atomic E-state index is 12.1. The normalized spacial score (nSPS) is 21.1. The number of rotatable bonds is 4. The Labute approximate surface area is 126 Å². The predicted molar refractivity (Wildman–Crippen MR) is 82.0 cm³/mol. The van der Waals surface area contributed by atoms with Crippen LogP contribution >= 0.6 is 0 Å². The minimum atomic E-state index is -0.595. The number of hydrogen-bond donors (Lipinski definition) is 0. The van der Waals surface area contributed by atoms with E-state index < -0.39 is 24.1 Å². The van der Waals surface area contributed by atoms with Gasteiger partial charge < -0.3 is 14.0 Å². The molecule has 0 radical (unpaired) electrons. The molecule has 114 valence electrons. The maximum atomic E-state index is 12.1. The molecule has 5 heteroatoms. The van der Waals surface area contributed by atoms with Crippen LogP contribution in [0.5, 0.6) is 0 Å². The van der Waals surface area contributed by atoms with E-state index in [1.54, 1.807) is 0 Å². The smallest absolute Gasteiger partial charge is 0.469 e. The Morgan fingerprint density at radius 2 is 1.67 bits per heavy atom. The molecular weight excluding hydrogens is 267 g/mol. The number of carbonyl (C=O) groups excluding carboxylic acids is 1. The molecule has 0 aromatic heterocycles. The lowest BCUT2D eigenvalue weighted by Crippen LogP contribution is -2.41. The first-order valence-electron chi connectivity index (χ1n) is 7.24. The summed E-state index contributed by atoms with van der Waals surface area (Å²) in [6.07, 6.45) is 0.532. The molecular formula is C16H23BO4. The van der Waals surface area contributed by atoms with Crippen LogP contribution in [0, 0.1) is 0 Å². The first kappa shape index (κ1) is 16.1. The van der Waals surface area contributed by atoms with Crippen molar-refractivity contribution >= 4 is 13.1 Å². The number of ether oxygens (including phenoxy) is 1. The Morgan fingerprint density at radius 3 is 2.14 bits per heavy atom. The molecule has 1 saturated heterocycles. The molecule has 21 heavy (non-hydrogen) atoms. The Balaban J connectivity index is 2.20. The standard InChI is InChI=1S/C16H23BO4/c1-15(2)16(3,4)21-17(20-15)13(14(18)19-5)11-12-9-7-6-8-10-12/h6-10,13H,11H2,1-5H3. The third-order valence-corrected chi connectivity index (χ3v) is 4.40. The molecule has 0 amide bonds. The molecule has 0 aliphatic carbocycles. The first-order chi connectivity index (χ1) is 9.77. The molecule has 0 spiro atoms. The monoisotopic (exact) mass is 290 g/mol. The van der Waals surface area contributed by atoms with E-state index in [1.165, 1.54) is 7.11 Å². The molecule has 0 N–H and O–H groups in total. The van der Waals surface area contributed by atoms with Crippen molar-refractivity contribution in [1.29, 1.82) is 0 Å². The van der Waals surface area contributed by atoms with Crippen molar-refractivity contribution in [3.05, 3.63) is 35.9 Å². The Hall–Kier alpha value is -1.33. The number of esters is 1. The van der Waals surface area contributed by atoms with Gasteiger partial charge in [-0.15, -0.1) is 0 Å². The van der Waals surface area contributed by atoms with Crippen LogP contribution in [0.25, 0.3) is 0 Å². The largest absolute Gasteiger partial charge is 0.473 e. The van der Waals surface area contributed by atoms with Crippen LogP contribution < -0.4 is 0 Å². The minimum Gasteiger partial charge on any atom is -0.469 e. The highest BCUT2D eigenvalue weighted by atomic mass is 16.7. The lowest BCUT2D eigenvalue weighted by Gasteiger charge is -2.32. The molecule has 1 aliphatic rings. The lowest BCUT2D eigenvalue weighted by atomic mass is 9.68. The van der Waals surface area contributed by atoms with Gasteiger partial charge in [0.05, 0.1) is 24.1 Å². The van der Waals surface area contributed by atoms with E-state index in [4.69, 9.17) is 14.0 Å². The van der Waals surface area contributed by atoms with E-state index in [0.29, 0.717) is 6.42 Å². The summed E-state index contributed by atoms with van der Waals surface area (Å²) in [7, 11) is 0.800. The minimum absolute atomic E-state index is 0.308. The molecule has 1 aromatic rings. The van der Waals surface area contributed by atoms with Gasteiger partial charge in [0.25, 0.3) is 0 Å². The Kier molecular flexibility index (Phi) is 4.44. The molecule has 4 nitrogen and oxygen atoms in total. The quantitative estimate of drug-likeness (QED) is 0.632. The van der Waals surface area contributed by atoms with Gasteiger partial charge in [0.1, 0.15) is 0 Å². The summed E-state index contributed by atoms with van der Waals surface area (Å²) >= 11 is 0. The molecule has 0 saturated carbocycles. The van der Waals surface area contributed by atoms with E-state index in [1.807, 2.05) is 58.0 Å². The molecule has 1 heterocycles. The van der Waals surface area contributed by atoms with Crippen LogP contribution in [-0.4, -0.2) is 31.4 Å². The van der Waals surface area contributed by atoms with Crippen LogP contribution in [0.3, 0.4) is 0 Å². The number of benzene rings is 1. The summed E-state index contributed by atoms with van der Waals surface area (Å²) < 4.78 is 16.9. The maximum Gasteiger partial charge on any atom is 0.473 e. The van der Waals surface area contributed by atoms with E-state index in [-0.39, 0.29) is 5.97 Å². The second kappa shape index (κ2) is 5.81. The third-order valence-electron chi connectivity index (χ3n) is 4.40. The van der Waals surface area contributed by atoms with Crippen LogP contribution in [-0.2, 0) is 25.3 Å². The van der Waals surface area contributed by atoms with Crippen molar-refractivity contribution in [2.75, 3.05) is 7.11 Å². The van der Waals surface area contributed by atoms with E-state index in [9.17, 15) is 4.79 Å². The highest BCUT2D eigenvalue weighted by molar-refractivity contribution is 6.52. The lowest BCUT2D eigenvalue weighted by molar-refractivity contribution is -0.141. The fourth-order valence-corrected chi connectivity index (χ4v) is 2.36. The fourth-order valence-electron chi connectivity index (χ4n) is 2.36. The molecule has 2 rings (SSSR count). The first-order valence-corrected chi connectivity index (χ1v) is 7.24. The van der Waals surface area contributed by atoms with Crippen LogP contribution in [0.1, 0.15) is 33.3 Å². The van der Waals surface area contributed by atoms with Gasteiger partial charge in [-0.05, 0) is 39.7 Å². The summed E-state index contributed by atoms with van der Waals surface area (Å²) in [5.74, 6) is -0.782. The highest BCUT2D eigenvalue weighted by Crippen LogP contribution is 2.41. The van der Waals surface area contributed by atoms with E-state index in [0.717, 1.165) is 5.56 Å². The Bertz CT molecular complexity index is 482. The zero-order chi connectivity index (χ0) is 15.7.